The number of anilines is 1. The fourth-order valence-electron chi connectivity index (χ4n) is 4.56. The van der Waals surface area contributed by atoms with E-state index in [-0.39, 0.29) is 0 Å². The minimum Gasteiger partial charge on any atom is -0.383 e. The number of hydrogen-bond donors (Lipinski definition) is 2. The van der Waals surface area contributed by atoms with Crippen molar-refractivity contribution in [2.75, 3.05) is 5.73 Å². The topological polar surface area (TPSA) is 113 Å². The molecule has 37 heavy (non-hydrogen) atoms. The number of carbonyl (C=O) groups is 1. The number of rotatable bonds is 6. The van der Waals surface area contributed by atoms with Gasteiger partial charge in [0.1, 0.15) is 11.3 Å². The van der Waals surface area contributed by atoms with Gasteiger partial charge in [0, 0.05) is 18.0 Å². The molecule has 0 spiro atoms. The van der Waals surface area contributed by atoms with E-state index in [1.807, 2.05) is 70.7 Å². The highest BCUT2D eigenvalue weighted by Crippen LogP contribution is 2.35. The van der Waals surface area contributed by atoms with Crippen LogP contribution in [0.2, 0.25) is 0 Å². The minimum absolute atomic E-state index is 0.332. The van der Waals surface area contributed by atoms with Gasteiger partial charge in [0.05, 0.1) is 16.8 Å². The lowest BCUT2D eigenvalue weighted by Gasteiger charge is -2.17. The molecule has 0 saturated carbocycles. The molecule has 0 fully saturated rings. The van der Waals surface area contributed by atoms with E-state index in [4.69, 9.17) is 21.4 Å². The van der Waals surface area contributed by atoms with Crippen LogP contribution in [0, 0.1) is 0 Å². The summed E-state index contributed by atoms with van der Waals surface area (Å²) in [6.07, 6.45) is 4.05. The summed E-state index contributed by atoms with van der Waals surface area (Å²) < 4.78 is 1.89. The van der Waals surface area contributed by atoms with E-state index in [9.17, 15) is 4.79 Å². The van der Waals surface area contributed by atoms with Gasteiger partial charge < -0.3 is 11.5 Å². The number of benzene rings is 2. The van der Waals surface area contributed by atoms with Crippen LogP contribution in [0.3, 0.4) is 0 Å². The van der Waals surface area contributed by atoms with Crippen LogP contribution in [-0.4, -0.2) is 25.4 Å². The molecular formula is C29H22N6OS. The highest BCUT2D eigenvalue weighted by Gasteiger charge is 2.24. The summed E-state index contributed by atoms with van der Waals surface area (Å²) in [5.74, 6) is 0.337. The summed E-state index contributed by atoms with van der Waals surface area (Å²) in [5, 5.41) is 4.10. The van der Waals surface area contributed by atoms with Gasteiger partial charge >= 0.3 is 0 Å². The van der Waals surface area contributed by atoms with Gasteiger partial charge in [-0.05, 0) is 64.2 Å². The first-order chi connectivity index (χ1) is 18.1. The molecule has 0 bridgehead atoms. The molecule has 8 heteroatoms. The van der Waals surface area contributed by atoms with Crippen LogP contribution < -0.4 is 11.5 Å². The first-order valence-electron chi connectivity index (χ1n) is 11.7. The lowest BCUT2D eigenvalue weighted by molar-refractivity contribution is 0.1000. The van der Waals surface area contributed by atoms with Gasteiger partial charge in [-0.15, -0.1) is 0 Å². The smallest absolute Gasteiger partial charge is 0.250 e. The maximum absolute atomic E-state index is 12.7. The molecule has 7 nitrogen and oxygen atoms in total. The molecule has 0 aliphatic rings. The lowest BCUT2D eigenvalue weighted by atomic mass is 9.99. The van der Waals surface area contributed by atoms with Crippen LogP contribution >= 0.6 is 11.3 Å². The predicted molar refractivity (Wildman–Crippen MR) is 148 cm³/mol. The maximum atomic E-state index is 12.7. The van der Waals surface area contributed by atoms with E-state index in [1.165, 1.54) is 0 Å². The molecule has 0 saturated heterocycles. The molecule has 4 aromatic heterocycles. The average molecular weight is 503 g/mol. The first-order valence-corrected chi connectivity index (χ1v) is 12.6. The number of nitrogens with two attached hydrogens (primary N) is 2. The Labute approximate surface area is 217 Å². The van der Waals surface area contributed by atoms with Crippen molar-refractivity contribution in [3.63, 3.8) is 0 Å². The summed E-state index contributed by atoms with van der Waals surface area (Å²) in [6, 6.07) is 23.4. The summed E-state index contributed by atoms with van der Waals surface area (Å²) >= 11 is 1.62. The second-order valence-electron chi connectivity index (χ2n) is 8.63. The van der Waals surface area contributed by atoms with E-state index >= 15 is 0 Å². The summed E-state index contributed by atoms with van der Waals surface area (Å²) in [5.41, 5.74) is 19.2. The van der Waals surface area contributed by atoms with Crippen molar-refractivity contribution in [3.05, 3.63) is 113 Å². The van der Waals surface area contributed by atoms with Crippen LogP contribution in [0.15, 0.2) is 96.0 Å². The molecule has 4 heterocycles. The Hall–Kier alpha value is -4.82. The molecule has 2 aromatic carbocycles. The normalized spacial score (nSPS) is 11.1. The Morgan fingerprint density at radius 3 is 2.57 bits per heavy atom. The Bertz CT molecular complexity index is 1740. The standard InChI is InChI=1S/C29H22N6OS/c30-26-23(10-5-12-32-26)28-34-24-15-21(20-11-13-37-17-20)16-33-29(24)35(28)25-19(8-4-9-22(25)27(31)36)14-18-6-2-1-3-7-18/h1-13,15-17H,14H2,(H2,30,32)(H2,31,36). The number of nitrogens with zero attached hydrogens (tertiary/aromatic N) is 4. The number of aromatic nitrogens is 4. The fourth-order valence-corrected chi connectivity index (χ4v) is 5.23. The molecule has 180 valence electrons. The molecule has 0 unspecified atom stereocenters. The van der Waals surface area contributed by atoms with Crippen LogP contribution in [0.1, 0.15) is 21.5 Å². The summed E-state index contributed by atoms with van der Waals surface area (Å²) in [4.78, 5) is 26.8. The zero-order valence-corrected chi connectivity index (χ0v) is 20.5. The number of hydrogen-bond acceptors (Lipinski definition) is 6. The van der Waals surface area contributed by atoms with Gasteiger partial charge in [-0.3, -0.25) is 9.36 Å². The molecule has 0 aliphatic carbocycles. The Kier molecular flexibility index (Phi) is 5.71. The molecule has 0 atom stereocenters. The molecule has 0 aliphatic heterocycles. The predicted octanol–water partition coefficient (Wildman–Crippen LogP) is 5.48. The van der Waals surface area contributed by atoms with Crippen molar-refractivity contribution in [1.82, 2.24) is 19.5 Å². The van der Waals surface area contributed by atoms with Crippen molar-refractivity contribution < 1.29 is 4.79 Å². The van der Waals surface area contributed by atoms with Crippen LogP contribution in [0.25, 0.3) is 39.4 Å². The van der Waals surface area contributed by atoms with Crippen molar-refractivity contribution in [2.45, 2.75) is 6.42 Å². The molecule has 0 radical (unpaired) electrons. The summed E-state index contributed by atoms with van der Waals surface area (Å²) in [7, 11) is 0. The summed E-state index contributed by atoms with van der Waals surface area (Å²) in [6.45, 7) is 0. The number of nitrogen functional groups attached to an aromatic ring is 1. The quantitative estimate of drug-likeness (QED) is 0.313. The van der Waals surface area contributed by atoms with Gasteiger partial charge in [-0.25, -0.2) is 15.0 Å². The number of pyridine rings is 2. The third kappa shape index (κ3) is 4.13. The zero-order valence-electron chi connectivity index (χ0n) is 19.7. The maximum Gasteiger partial charge on any atom is 0.250 e. The van der Waals surface area contributed by atoms with E-state index in [1.54, 1.807) is 23.6 Å². The number of carbonyl (C=O) groups excluding carboxylic acids is 1. The molecule has 1 amide bonds. The molecule has 6 aromatic rings. The van der Waals surface area contributed by atoms with E-state index in [0.29, 0.717) is 46.0 Å². The van der Waals surface area contributed by atoms with E-state index in [0.717, 1.165) is 22.3 Å². The number of imidazole rings is 1. The Morgan fingerprint density at radius 1 is 0.946 bits per heavy atom. The van der Waals surface area contributed by atoms with E-state index in [2.05, 4.69) is 22.5 Å². The van der Waals surface area contributed by atoms with E-state index < -0.39 is 5.91 Å². The van der Waals surface area contributed by atoms with Gasteiger partial charge in [0.15, 0.2) is 11.5 Å². The molecular weight excluding hydrogens is 480 g/mol. The monoisotopic (exact) mass is 502 g/mol. The third-order valence-corrected chi connectivity index (χ3v) is 6.96. The average Bonchev–Trinajstić information content (AvgIpc) is 3.57. The first kappa shape index (κ1) is 22.6. The van der Waals surface area contributed by atoms with Crippen molar-refractivity contribution in [2.24, 2.45) is 5.73 Å². The van der Waals surface area contributed by atoms with Gasteiger partial charge in [0.25, 0.3) is 5.91 Å². The molecule has 6 rings (SSSR count). The zero-order chi connectivity index (χ0) is 25.4. The van der Waals surface area contributed by atoms with Crippen LogP contribution in [0.5, 0.6) is 0 Å². The van der Waals surface area contributed by atoms with Crippen LogP contribution in [-0.2, 0) is 6.42 Å². The second kappa shape index (κ2) is 9.33. The lowest BCUT2D eigenvalue weighted by Crippen LogP contribution is -2.17. The fraction of sp³-hybridized carbons (Fsp3) is 0.0345. The van der Waals surface area contributed by atoms with Gasteiger partial charge in [-0.2, -0.15) is 11.3 Å². The number of amides is 1. The Morgan fingerprint density at radius 2 is 1.81 bits per heavy atom. The SMILES string of the molecule is NC(=O)c1cccc(Cc2ccccc2)c1-n1c(-c2cccnc2N)nc2cc(-c3ccsc3)cnc21. The van der Waals surface area contributed by atoms with Crippen molar-refractivity contribution in [3.8, 4) is 28.2 Å². The Balaban J connectivity index is 1.67. The number of thiophene rings is 1. The largest absolute Gasteiger partial charge is 0.383 e. The van der Waals surface area contributed by atoms with Gasteiger partial charge in [0.2, 0.25) is 0 Å². The number of para-hydroxylation sites is 1. The number of fused-ring (bicyclic) bond motifs is 1. The van der Waals surface area contributed by atoms with Crippen LogP contribution in [0.4, 0.5) is 5.82 Å². The van der Waals surface area contributed by atoms with Crippen molar-refractivity contribution in [1.29, 1.82) is 0 Å². The second-order valence-corrected chi connectivity index (χ2v) is 9.41. The minimum atomic E-state index is -0.535. The highest BCUT2D eigenvalue weighted by atomic mass is 32.1. The van der Waals surface area contributed by atoms with Crippen molar-refractivity contribution >= 4 is 34.2 Å². The highest BCUT2D eigenvalue weighted by molar-refractivity contribution is 7.08. The third-order valence-electron chi connectivity index (χ3n) is 6.28. The number of primary amides is 1. The van der Waals surface area contributed by atoms with Gasteiger partial charge in [-0.1, -0.05) is 42.5 Å². The molecule has 4 N–H and O–H groups in total.